The lowest BCUT2D eigenvalue weighted by Crippen LogP contribution is -2.20. The largest absolute Gasteiger partial charge is 0.478 e. The molecule has 0 bridgehead atoms. The first kappa shape index (κ1) is 15.4. The first-order chi connectivity index (χ1) is 8.75. The summed E-state index contributed by atoms with van der Waals surface area (Å²) in [6.45, 7) is 1.96. The Morgan fingerprint density at radius 1 is 1.47 bits per heavy atom. The van der Waals surface area contributed by atoms with Gasteiger partial charge in [-0.2, -0.15) is 0 Å². The molecule has 0 saturated heterocycles. The van der Waals surface area contributed by atoms with Crippen LogP contribution in [0.5, 0.6) is 0 Å². The number of benzene rings is 1. The van der Waals surface area contributed by atoms with Crippen molar-refractivity contribution in [3.05, 3.63) is 23.8 Å². The zero-order valence-electron chi connectivity index (χ0n) is 10.3. The molecule has 0 amide bonds. The van der Waals surface area contributed by atoms with Gasteiger partial charge in [0, 0.05) is 12.2 Å². The fraction of sp³-hybridized carbons (Fsp3) is 0.364. The van der Waals surface area contributed by atoms with Crippen molar-refractivity contribution in [1.82, 2.24) is 0 Å². The molecule has 0 aromatic heterocycles. The smallest absolute Gasteiger partial charge is 0.337 e. The lowest BCUT2D eigenvalue weighted by atomic mass is 10.1. The molecule has 1 aromatic rings. The van der Waals surface area contributed by atoms with Gasteiger partial charge in [-0.15, -0.1) is 0 Å². The Kier molecular flexibility index (Phi) is 4.87. The minimum absolute atomic E-state index is 0.172. The summed E-state index contributed by atoms with van der Waals surface area (Å²) in [7, 11) is -3.95. The number of anilines is 1. The molecular formula is C11H16N2O5S. The van der Waals surface area contributed by atoms with Crippen molar-refractivity contribution < 1.29 is 23.4 Å². The molecular weight excluding hydrogens is 272 g/mol. The number of hydrogen-bond donors (Lipinski definition) is 4. The maximum absolute atomic E-state index is 11.2. The number of aliphatic hydroxyl groups excluding tert-OH is 1. The summed E-state index contributed by atoms with van der Waals surface area (Å²) in [4.78, 5) is 10.8. The second-order valence-corrected chi connectivity index (χ2v) is 5.56. The SMILES string of the molecule is CCC(O)CNc1ccc(S(N)(=O)=O)cc1C(=O)O. The Bertz CT molecular complexity index is 570. The Balaban J connectivity index is 3.09. The van der Waals surface area contributed by atoms with Crippen molar-refractivity contribution in [3.8, 4) is 0 Å². The third kappa shape index (κ3) is 4.19. The molecule has 0 fully saturated rings. The number of nitrogens with one attached hydrogen (secondary N) is 1. The van der Waals surface area contributed by atoms with Gasteiger partial charge in [0.15, 0.2) is 0 Å². The van der Waals surface area contributed by atoms with E-state index in [-0.39, 0.29) is 22.7 Å². The highest BCUT2D eigenvalue weighted by Crippen LogP contribution is 2.20. The summed E-state index contributed by atoms with van der Waals surface area (Å²) >= 11 is 0. The van der Waals surface area contributed by atoms with Gasteiger partial charge in [-0.3, -0.25) is 0 Å². The number of aliphatic hydroxyl groups is 1. The van der Waals surface area contributed by atoms with E-state index in [1.807, 2.05) is 0 Å². The van der Waals surface area contributed by atoms with Crippen LogP contribution >= 0.6 is 0 Å². The molecule has 1 unspecified atom stereocenters. The molecule has 0 radical (unpaired) electrons. The van der Waals surface area contributed by atoms with Crippen LogP contribution in [0.25, 0.3) is 0 Å². The van der Waals surface area contributed by atoms with Crippen LogP contribution in [0.2, 0.25) is 0 Å². The van der Waals surface area contributed by atoms with Crippen LogP contribution < -0.4 is 10.5 Å². The van der Waals surface area contributed by atoms with Crippen molar-refractivity contribution >= 4 is 21.7 Å². The van der Waals surface area contributed by atoms with Gasteiger partial charge in [0.2, 0.25) is 10.0 Å². The Morgan fingerprint density at radius 3 is 2.58 bits per heavy atom. The van der Waals surface area contributed by atoms with Crippen LogP contribution in [0.1, 0.15) is 23.7 Å². The highest BCUT2D eigenvalue weighted by atomic mass is 32.2. The average molecular weight is 288 g/mol. The molecule has 0 saturated carbocycles. The highest BCUT2D eigenvalue weighted by molar-refractivity contribution is 7.89. The van der Waals surface area contributed by atoms with Crippen LogP contribution in [0.15, 0.2) is 23.1 Å². The zero-order valence-corrected chi connectivity index (χ0v) is 11.1. The van der Waals surface area contributed by atoms with E-state index in [1.165, 1.54) is 12.1 Å². The van der Waals surface area contributed by atoms with E-state index in [0.717, 1.165) is 6.07 Å². The highest BCUT2D eigenvalue weighted by Gasteiger charge is 2.16. The number of carboxylic acid groups (broad SMARTS) is 1. The standard InChI is InChI=1S/C11H16N2O5S/c1-2-7(14)6-13-10-4-3-8(19(12,17)18)5-9(10)11(15)16/h3-5,7,13-14H,2,6H2,1H3,(H,15,16)(H2,12,17,18). The summed E-state index contributed by atoms with van der Waals surface area (Å²) in [6.07, 6.45) is -0.0930. The lowest BCUT2D eigenvalue weighted by Gasteiger charge is -2.13. The number of carboxylic acids is 1. The molecule has 0 aliphatic rings. The van der Waals surface area contributed by atoms with Crippen LogP contribution in [0, 0.1) is 0 Å². The van der Waals surface area contributed by atoms with Gasteiger partial charge >= 0.3 is 5.97 Å². The predicted molar refractivity (Wildman–Crippen MR) is 69.6 cm³/mol. The van der Waals surface area contributed by atoms with Crippen molar-refractivity contribution in [3.63, 3.8) is 0 Å². The Labute approximate surface area is 111 Å². The molecule has 1 atom stereocenters. The molecule has 0 aliphatic heterocycles. The van der Waals surface area contributed by atoms with E-state index in [2.05, 4.69) is 5.32 Å². The number of hydrogen-bond acceptors (Lipinski definition) is 5. The van der Waals surface area contributed by atoms with Crippen LogP contribution in [0.4, 0.5) is 5.69 Å². The molecule has 7 nitrogen and oxygen atoms in total. The zero-order chi connectivity index (χ0) is 14.6. The summed E-state index contributed by atoms with van der Waals surface area (Å²) in [5, 5.41) is 26.1. The molecule has 1 aromatic carbocycles. The number of sulfonamides is 1. The van der Waals surface area contributed by atoms with Gasteiger partial charge < -0.3 is 15.5 Å². The summed E-state index contributed by atoms with van der Waals surface area (Å²) in [5.41, 5.74) is 0.0160. The van der Waals surface area contributed by atoms with Crippen LogP contribution in [0.3, 0.4) is 0 Å². The van der Waals surface area contributed by atoms with E-state index in [1.54, 1.807) is 6.92 Å². The molecule has 1 rings (SSSR count). The number of nitrogens with two attached hydrogens (primary N) is 1. The van der Waals surface area contributed by atoms with Crippen LogP contribution in [-0.2, 0) is 10.0 Å². The van der Waals surface area contributed by atoms with E-state index in [9.17, 15) is 18.3 Å². The molecule has 0 heterocycles. The molecule has 106 valence electrons. The van der Waals surface area contributed by atoms with Gasteiger partial charge in [-0.25, -0.2) is 18.4 Å². The summed E-state index contributed by atoms with van der Waals surface area (Å²) in [5.74, 6) is -1.28. The van der Waals surface area contributed by atoms with Crippen molar-refractivity contribution in [2.24, 2.45) is 5.14 Å². The van der Waals surface area contributed by atoms with Gasteiger partial charge in [0.05, 0.1) is 16.6 Å². The monoisotopic (exact) mass is 288 g/mol. The third-order valence-corrected chi connectivity index (χ3v) is 3.46. The van der Waals surface area contributed by atoms with E-state index < -0.39 is 22.1 Å². The van der Waals surface area contributed by atoms with Crippen molar-refractivity contribution in [1.29, 1.82) is 0 Å². The molecule has 0 spiro atoms. The van der Waals surface area contributed by atoms with Crippen LogP contribution in [-0.4, -0.2) is 37.2 Å². The minimum Gasteiger partial charge on any atom is -0.478 e. The Morgan fingerprint density at radius 2 is 2.11 bits per heavy atom. The first-order valence-corrected chi connectivity index (χ1v) is 7.12. The Hall–Kier alpha value is -1.64. The van der Waals surface area contributed by atoms with Gasteiger partial charge in [-0.05, 0) is 24.6 Å². The molecule has 0 aliphatic carbocycles. The normalized spacial score (nSPS) is 13.0. The number of rotatable bonds is 6. The molecule has 8 heteroatoms. The van der Waals surface area contributed by atoms with E-state index >= 15 is 0 Å². The summed E-state index contributed by atoms with van der Waals surface area (Å²) in [6, 6.07) is 3.51. The van der Waals surface area contributed by atoms with Gasteiger partial charge in [0.25, 0.3) is 0 Å². The number of primary sulfonamides is 1. The first-order valence-electron chi connectivity index (χ1n) is 5.57. The maximum Gasteiger partial charge on any atom is 0.337 e. The number of aromatic carboxylic acids is 1. The third-order valence-electron chi connectivity index (χ3n) is 2.55. The molecule has 5 N–H and O–H groups in total. The average Bonchev–Trinajstić information content (AvgIpc) is 2.34. The predicted octanol–water partition coefficient (Wildman–Crippen LogP) is 0.215. The van der Waals surface area contributed by atoms with Crippen molar-refractivity contribution in [2.75, 3.05) is 11.9 Å². The van der Waals surface area contributed by atoms with E-state index in [0.29, 0.717) is 6.42 Å². The number of carbonyl (C=O) groups is 1. The fourth-order valence-electron chi connectivity index (χ4n) is 1.40. The second-order valence-electron chi connectivity index (χ2n) is 4.00. The second kappa shape index (κ2) is 6.00. The molecule has 19 heavy (non-hydrogen) atoms. The quantitative estimate of drug-likeness (QED) is 0.592. The van der Waals surface area contributed by atoms with Crippen molar-refractivity contribution in [2.45, 2.75) is 24.3 Å². The fourth-order valence-corrected chi connectivity index (χ4v) is 1.94. The topological polar surface area (TPSA) is 130 Å². The van der Waals surface area contributed by atoms with Gasteiger partial charge in [-0.1, -0.05) is 6.92 Å². The summed E-state index contributed by atoms with van der Waals surface area (Å²) < 4.78 is 22.3. The minimum atomic E-state index is -3.95. The maximum atomic E-state index is 11.2. The lowest BCUT2D eigenvalue weighted by molar-refractivity contribution is 0.0697. The van der Waals surface area contributed by atoms with Gasteiger partial charge in [0.1, 0.15) is 0 Å². The van der Waals surface area contributed by atoms with E-state index in [4.69, 9.17) is 10.2 Å².